The molecule has 8 heteroatoms. The summed E-state index contributed by atoms with van der Waals surface area (Å²) in [6.07, 6.45) is 2.55. The summed E-state index contributed by atoms with van der Waals surface area (Å²) in [7, 11) is -3.79. The monoisotopic (exact) mass is 334 g/mol. The van der Waals surface area contributed by atoms with Crippen LogP contribution in [0.4, 0.5) is 4.39 Å². The lowest BCUT2D eigenvalue weighted by molar-refractivity contribution is 0.581. The third kappa shape index (κ3) is 3.46. The van der Waals surface area contributed by atoms with Crippen molar-refractivity contribution in [3.8, 4) is 0 Å². The number of hydrogen-bond donors (Lipinski definition) is 1. The van der Waals surface area contributed by atoms with Crippen LogP contribution in [0.5, 0.6) is 0 Å². The zero-order valence-electron chi connectivity index (χ0n) is 9.98. The van der Waals surface area contributed by atoms with Crippen LogP contribution in [0, 0.1) is 5.82 Å². The van der Waals surface area contributed by atoms with Crippen molar-refractivity contribution in [1.82, 2.24) is 9.71 Å². The molecule has 0 fully saturated rings. The highest BCUT2D eigenvalue weighted by atomic mass is 35.5. The fourth-order valence-electron chi connectivity index (χ4n) is 1.47. The Morgan fingerprint density at radius 3 is 2.60 bits per heavy atom. The summed E-state index contributed by atoms with van der Waals surface area (Å²) in [5.41, 5.74) is 0.528. The predicted molar refractivity (Wildman–Crippen MR) is 74.7 cm³/mol. The van der Waals surface area contributed by atoms with Gasteiger partial charge in [0.25, 0.3) is 0 Å². The lowest BCUT2D eigenvalue weighted by Gasteiger charge is -2.08. The molecule has 2 rings (SSSR count). The van der Waals surface area contributed by atoms with E-state index in [4.69, 9.17) is 23.2 Å². The normalized spacial score (nSPS) is 11.6. The van der Waals surface area contributed by atoms with Crippen LogP contribution < -0.4 is 4.72 Å². The molecule has 0 bridgehead atoms. The summed E-state index contributed by atoms with van der Waals surface area (Å²) < 4.78 is 39.4. The van der Waals surface area contributed by atoms with Crippen LogP contribution in [0.15, 0.2) is 41.6 Å². The predicted octanol–water partition coefficient (Wildman–Crippen LogP) is 3.01. The van der Waals surface area contributed by atoms with Crippen molar-refractivity contribution in [2.45, 2.75) is 11.4 Å². The lowest BCUT2D eigenvalue weighted by atomic mass is 10.2. The molecule has 2 aromatic rings. The van der Waals surface area contributed by atoms with Crippen LogP contribution in [0.2, 0.25) is 10.0 Å². The summed E-state index contributed by atoms with van der Waals surface area (Å²) in [5.74, 6) is -0.562. The molecule has 0 aliphatic carbocycles. The maximum Gasteiger partial charge on any atom is 0.243 e. The van der Waals surface area contributed by atoms with E-state index in [1.807, 2.05) is 0 Å². The summed E-state index contributed by atoms with van der Waals surface area (Å²) in [4.78, 5) is 3.60. The maximum absolute atomic E-state index is 13.0. The SMILES string of the molecule is O=S(=O)(NCc1ccc(F)c(Cl)c1)c1cnccc1Cl. The molecule has 1 N–H and O–H groups in total. The van der Waals surface area contributed by atoms with Gasteiger partial charge >= 0.3 is 0 Å². The van der Waals surface area contributed by atoms with Gasteiger partial charge < -0.3 is 0 Å². The number of nitrogens with zero attached hydrogens (tertiary/aromatic N) is 1. The Bertz CT molecular complexity index is 738. The van der Waals surface area contributed by atoms with Crippen LogP contribution in [-0.2, 0) is 16.6 Å². The molecule has 106 valence electrons. The van der Waals surface area contributed by atoms with E-state index >= 15 is 0 Å². The Morgan fingerprint density at radius 2 is 1.95 bits per heavy atom. The van der Waals surface area contributed by atoms with Gasteiger partial charge in [-0.15, -0.1) is 0 Å². The molecule has 0 saturated heterocycles. The fraction of sp³-hybridized carbons (Fsp3) is 0.0833. The largest absolute Gasteiger partial charge is 0.263 e. The Kier molecular flexibility index (Phi) is 4.59. The van der Waals surface area contributed by atoms with E-state index < -0.39 is 15.8 Å². The maximum atomic E-state index is 13.0. The highest BCUT2D eigenvalue weighted by molar-refractivity contribution is 7.89. The van der Waals surface area contributed by atoms with Crippen LogP contribution in [0.3, 0.4) is 0 Å². The first kappa shape index (κ1) is 15.2. The topological polar surface area (TPSA) is 59.1 Å². The van der Waals surface area contributed by atoms with Gasteiger partial charge in [0.2, 0.25) is 10.0 Å². The molecule has 0 unspecified atom stereocenters. The minimum Gasteiger partial charge on any atom is -0.263 e. The lowest BCUT2D eigenvalue weighted by Crippen LogP contribution is -2.23. The first-order valence-electron chi connectivity index (χ1n) is 5.43. The van der Waals surface area contributed by atoms with Gasteiger partial charge in [-0.05, 0) is 23.8 Å². The van der Waals surface area contributed by atoms with Crippen LogP contribution in [0.25, 0.3) is 0 Å². The number of halogens is 3. The van der Waals surface area contributed by atoms with E-state index in [9.17, 15) is 12.8 Å². The van der Waals surface area contributed by atoms with Crippen molar-refractivity contribution >= 4 is 33.2 Å². The van der Waals surface area contributed by atoms with E-state index in [1.54, 1.807) is 0 Å². The zero-order chi connectivity index (χ0) is 14.8. The van der Waals surface area contributed by atoms with Crippen LogP contribution >= 0.6 is 23.2 Å². The van der Waals surface area contributed by atoms with Crippen molar-refractivity contribution in [2.24, 2.45) is 0 Å². The smallest absolute Gasteiger partial charge is 0.243 e. The van der Waals surface area contributed by atoms with Gasteiger partial charge in [0.15, 0.2) is 0 Å². The molecule has 0 aliphatic heterocycles. The molecule has 0 spiro atoms. The zero-order valence-corrected chi connectivity index (χ0v) is 12.3. The average Bonchev–Trinajstić information content (AvgIpc) is 2.40. The Balaban J connectivity index is 2.17. The van der Waals surface area contributed by atoms with Gasteiger partial charge in [-0.1, -0.05) is 29.3 Å². The molecular formula is C12H9Cl2FN2O2S. The summed E-state index contributed by atoms with van der Waals surface area (Å²) >= 11 is 11.4. The summed E-state index contributed by atoms with van der Waals surface area (Å²) in [5, 5.41) is 0.00532. The van der Waals surface area contributed by atoms with Crippen molar-refractivity contribution in [1.29, 1.82) is 0 Å². The van der Waals surface area contributed by atoms with Crippen molar-refractivity contribution < 1.29 is 12.8 Å². The number of hydrogen-bond acceptors (Lipinski definition) is 3. The number of sulfonamides is 1. The molecule has 0 amide bonds. The molecule has 0 radical (unpaired) electrons. The second-order valence-electron chi connectivity index (χ2n) is 3.88. The van der Waals surface area contributed by atoms with Gasteiger partial charge in [0.1, 0.15) is 10.7 Å². The van der Waals surface area contributed by atoms with E-state index in [0.717, 1.165) is 6.20 Å². The second kappa shape index (κ2) is 6.05. The Hall–Kier alpha value is -1.21. The number of pyridine rings is 1. The Labute approximate surface area is 125 Å². The summed E-state index contributed by atoms with van der Waals surface area (Å²) in [6, 6.07) is 5.34. The highest BCUT2D eigenvalue weighted by Gasteiger charge is 2.17. The van der Waals surface area contributed by atoms with Gasteiger partial charge in [-0.2, -0.15) is 0 Å². The van der Waals surface area contributed by atoms with Crippen LogP contribution in [-0.4, -0.2) is 13.4 Å². The highest BCUT2D eigenvalue weighted by Crippen LogP contribution is 2.20. The minimum absolute atomic E-state index is 0.0342. The molecular weight excluding hydrogens is 326 g/mol. The third-order valence-corrected chi connectivity index (χ3v) is 4.63. The first-order valence-corrected chi connectivity index (χ1v) is 7.67. The number of benzene rings is 1. The summed E-state index contributed by atoms with van der Waals surface area (Å²) in [6.45, 7) is -0.0342. The molecule has 1 aromatic heterocycles. The molecule has 0 saturated carbocycles. The molecule has 4 nitrogen and oxygen atoms in total. The quantitative estimate of drug-likeness (QED) is 0.934. The minimum atomic E-state index is -3.79. The standard InChI is InChI=1S/C12H9Cl2FN2O2S/c13-9-3-4-16-7-12(9)20(18,19)17-6-8-1-2-11(15)10(14)5-8/h1-5,7,17H,6H2. The molecule has 1 heterocycles. The van der Waals surface area contributed by atoms with E-state index in [2.05, 4.69) is 9.71 Å². The van der Waals surface area contributed by atoms with Gasteiger partial charge in [-0.3, -0.25) is 4.98 Å². The first-order chi connectivity index (χ1) is 9.40. The van der Waals surface area contributed by atoms with E-state index in [-0.39, 0.29) is 21.5 Å². The second-order valence-corrected chi connectivity index (χ2v) is 6.43. The van der Waals surface area contributed by atoms with E-state index in [1.165, 1.54) is 30.5 Å². The van der Waals surface area contributed by atoms with Crippen molar-refractivity contribution in [3.63, 3.8) is 0 Å². The molecule has 1 aromatic carbocycles. The molecule has 0 atom stereocenters. The van der Waals surface area contributed by atoms with E-state index in [0.29, 0.717) is 5.56 Å². The van der Waals surface area contributed by atoms with Gasteiger partial charge in [0, 0.05) is 18.9 Å². The number of aromatic nitrogens is 1. The van der Waals surface area contributed by atoms with Crippen molar-refractivity contribution in [2.75, 3.05) is 0 Å². The van der Waals surface area contributed by atoms with Gasteiger partial charge in [-0.25, -0.2) is 17.5 Å². The number of rotatable bonds is 4. The molecule has 20 heavy (non-hydrogen) atoms. The van der Waals surface area contributed by atoms with Crippen LogP contribution in [0.1, 0.15) is 5.56 Å². The number of nitrogens with one attached hydrogen (secondary N) is 1. The molecule has 0 aliphatic rings. The fourth-order valence-corrected chi connectivity index (χ4v) is 3.12. The third-order valence-electron chi connectivity index (χ3n) is 2.47. The van der Waals surface area contributed by atoms with Gasteiger partial charge in [0.05, 0.1) is 10.0 Å². The van der Waals surface area contributed by atoms with Crippen molar-refractivity contribution in [3.05, 3.63) is 58.1 Å². The Morgan fingerprint density at radius 1 is 1.20 bits per heavy atom. The average molecular weight is 335 g/mol.